The maximum atomic E-state index is 13.5. The second-order valence-corrected chi connectivity index (χ2v) is 12.0. The fourth-order valence-corrected chi connectivity index (χ4v) is 5.33. The standard InChI is InChI=1S/C28H45ClN4O3.ClH/c1-20(2)17-30-25(16-21-10-12-22(29)13-11-21)26(35)31-32-15-14-24(18-32)33(23-8-6-5-7-9-23)27(36)28(3,4)19-34;/h10-13,20,23-25,30,34H,5-9,14-19H2,1-4H3,(H,31,35);1H/t24-,25+;/m0./s1. The van der Waals surface area contributed by atoms with Gasteiger partial charge in [0.1, 0.15) is 0 Å². The lowest BCUT2D eigenvalue weighted by Gasteiger charge is -2.42. The number of rotatable bonds is 11. The van der Waals surface area contributed by atoms with Gasteiger partial charge in [-0.25, -0.2) is 5.01 Å². The molecule has 0 radical (unpaired) electrons. The third kappa shape index (κ3) is 9.10. The minimum Gasteiger partial charge on any atom is -0.395 e. The van der Waals surface area contributed by atoms with Gasteiger partial charge in [0, 0.05) is 30.2 Å². The highest BCUT2D eigenvalue weighted by atomic mass is 35.5. The molecule has 1 aromatic rings. The molecule has 37 heavy (non-hydrogen) atoms. The molecule has 0 bridgehead atoms. The molecule has 1 aromatic carbocycles. The number of halogens is 2. The van der Waals surface area contributed by atoms with E-state index >= 15 is 0 Å². The van der Waals surface area contributed by atoms with Crippen molar-refractivity contribution in [2.75, 3.05) is 26.2 Å². The first kappa shape index (κ1) is 31.8. The zero-order valence-corrected chi connectivity index (χ0v) is 24.4. The maximum Gasteiger partial charge on any atom is 0.251 e. The van der Waals surface area contributed by atoms with Gasteiger partial charge >= 0.3 is 0 Å². The predicted octanol–water partition coefficient (Wildman–Crippen LogP) is 4.20. The number of hydrogen-bond acceptors (Lipinski definition) is 5. The van der Waals surface area contributed by atoms with Gasteiger partial charge in [-0.2, -0.15) is 0 Å². The van der Waals surface area contributed by atoms with Crippen LogP contribution in [0.5, 0.6) is 0 Å². The number of carbonyl (C=O) groups is 2. The van der Waals surface area contributed by atoms with Crippen LogP contribution in [0.2, 0.25) is 5.02 Å². The van der Waals surface area contributed by atoms with Crippen LogP contribution in [0.25, 0.3) is 0 Å². The average molecular weight is 558 g/mol. The lowest BCUT2D eigenvalue weighted by molar-refractivity contribution is -0.148. The van der Waals surface area contributed by atoms with Crippen molar-refractivity contribution >= 4 is 35.8 Å². The van der Waals surface area contributed by atoms with E-state index in [0.717, 1.165) is 44.2 Å². The molecule has 1 heterocycles. The van der Waals surface area contributed by atoms with Crippen molar-refractivity contribution in [1.82, 2.24) is 20.7 Å². The van der Waals surface area contributed by atoms with Crippen molar-refractivity contribution in [3.63, 3.8) is 0 Å². The Morgan fingerprint density at radius 3 is 2.35 bits per heavy atom. The molecular formula is C28H46Cl2N4O3. The van der Waals surface area contributed by atoms with Crippen LogP contribution < -0.4 is 10.7 Å². The second kappa shape index (κ2) is 14.7. The molecule has 7 nitrogen and oxygen atoms in total. The van der Waals surface area contributed by atoms with Gasteiger partial charge in [0.2, 0.25) is 5.91 Å². The molecule has 0 spiro atoms. The number of benzene rings is 1. The number of hydrogen-bond donors (Lipinski definition) is 3. The Kier molecular flexibility index (Phi) is 12.6. The van der Waals surface area contributed by atoms with Crippen molar-refractivity contribution in [3.05, 3.63) is 34.9 Å². The molecule has 1 saturated heterocycles. The Balaban J connectivity index is 0.00000481. The highest BCUT2D eigenvalue weighted by Crippen LogP contribution is 2.31. The molecule has 0 aromatic heterocycles. The van der Waals surface area contributed by atoms with E-state index in [4.69, 9.17) is 11.6 Å². The molecule has 2 atom stereocenters. The molecule has 1 aliphatic heterocycles. The van der Waals surface area contributed by atoms with E-state index in [2.05, 4.69) is 29.5 Å². The van der Waals surface area contributed by atoms with Crippen molar-refractivity contribution in [1.29, 1.82) is 0 Å². The normalized spacial score (nSPS) is 19.9. The minimum absolute atomic E-state index is 0. The van der Waals surface area contributed by atoms with Gasteiger partial charge in [0.05, 0.1) is 18.1 Å². The zero-order valence-electron chi connectivity index (χ0n) is 22.8. The second-order valence-electron chi connectivity index (χ2n) is 11.6. The molecule has 9 heteroatoms. The number of amides is 2. The highest BCUT2D eigenvalue weighted by Gasteiger charge is 2.41. The number of aliphatic hydroxyl groups is 1. The van der Waals surface area contributed by atoms with Crippen LogP contribution in [0.1, 0.15) is 71.8 Å². The summed E-state index contributed by atoms with van der Waals surface area (Å²) in [5.41, 5.74) is 3.38. The van der Waals surface area contributed by atoms with Gasteiger partial charge in [0.25, 0.3) is 5.91 Å². The van der Waals surface area contributed by atoms with Crippen molar-refractivity contribution < 1.29 is 14.7 Å². The first-order valence-electron chi connectivity index (χ1n) is 13.6. The minimum atomic E-state index is -0.807. The van der Waals surface area contributed by atoms with E-state index < -0.39 is 5.41 Å². The van der Waals surface area contributed by atoms with Crippen LogP contribution in [0.4, 0.5) is 0 Å². The van der Waals surface area contributed by atoms with E-state index in [1.165, 1.54) is 6.42 Å². The maximum absolute atomic E-state index is 13.5. The van der Waals surface area contributed by atoms with Crippen LogP contribution in [-0.4, -0.2) is 71.2 Å². The highest BCUT2D eigenvalue weighted by molar-refractivity contribution is 6.30. The molecule has 1 saturated carbocycles. The summed E-state index contributed by atoms with van der Waals surface area (Å²) in [4.78, 5) is 28.9. The predicted molar refractivity (Wildman–Crippen MR) is 152 cm³/mol. The number of nitrogens with one attached hydrogen (secondary N) is 2. The van der Waals surface area contributed by atoms with E-state index in [9.17, 15) is 14.7 Å². The van der Waals surface area contributed by atoms with Crippen molar-refractivity contribution in [2.24, 2.45) is 11.3 Å². The van der Waals surface area contributed by atoms with Gasteiger partial charge in [-0.05, 0) is 69.7 Å². The van der Waals surface area contributed by atoms with Gasteiger partial charge < -0.3 is 15.3 Å². The molecule has 210 valence electrons. The number of hydrazine groups is 1. The average Bonchev–Trinajstić information content (AvgIpc) is 3.31. The third-order valence-corrected chi connectivity index (χ3v) is 7.70. The van der Waals surface area contributed by atoms with Crippen molar-refractivity contribution in [3.8, 4) is 0 Å². The molecule has 0 unspecified atom stereocenters. The molecule has 2 amide bonds. The van der Waals surface area contributed by atoms with E-state index in [-0.39, 0.29) is 49.0 Å². The first-order chi connectivity index (χ1) is 17.1. The molecule has 3 N–H and O–H groups in total. The van der Waals surface area contributed by atoms with Crippen LogP contribution in [0.3, 0.4) is 0 Å². The quantitative estimate of drug-likeness (QED) is 0.380. The summed E-state index contributed by atoms with van der Waals surface area (Å²) in [6.45, 7) is 9.77. The largest absolute Gasteiger partial charge is 0.395 e. The fourth-order valence-electron chi connectivity index (χ4n) is 5.20. The van der Waals surface area contributed by atoms with Crippen LogP contribution in [-0.2, 0) is 16.0 Å². The van der Waals surface area contributed by atoms with Crippen LogP contribution >= 0.6 is 24.0 Å². The Morgan fingerprint density at radius 2 is 1.76 bits per heavy atom. The summed E-state index contributed by atoms with van der Waals surface area (Å²) in [6.07, 6.45) is 6.89. The zero-order chi connectivity index (χ0) is 26.3. The lowest BCUT2D eigenvalue weighted by atomic mass is 9.87. The summed E-state index contributed by atoms with van der Waals surface area (Å²) >= 11 is 6.04. The number of aliphatic hydroxyl groups excluding tert-OH is 1. The Hall–Kier alpha value is -1.38. The topological polar surface area (TPSA) is 84.9 Å². The van der Waals surface area contributed by atoms with Gasteiger partial charge in [-0.15, -0.1) is 12.4 Å². The van der Waals surface area contributed by atoms with Gasteiger partial charge in [-0.3, -0.25) is 15.0 Å². The first-order valence-corrected chi connectivity index (χ1v) is 14.0. The van der Waals surface area contributed by atoms with E-state index in [0.29, 0.717) is 30.5 Å². The SMILES string of the molecule is CC(C)CN[C@H](Cc1ccc(Cl)cc1)C(=O)NN1CC[C@H](N(C(=O)C(C)(C)CO)C2CCCCC2)C1.Cl. The molecule has 3 rings (SSSR count). The summed E-state index contributed by atoms with van der Waals surface area (Å²) in [7, 11) is 0. The van der Waals surface area contributed by atoms with Gasteiger partial charge in [-0.1, -0.05) is 56.8 Å². The van der Waals surface area contributed by atoms with Crippen LogP contribution in [0.15, 0.2) is 24.3 Å². The van der Waals surface area contributed by atoms with E-state index in [1.54, 1.807) is 0 Å². The summed E-state index contributed by atoms with van der Waals surface area (Å²) in [5, 5.41) is 16.0. The lowest BCUT2D eigenvalue weighted by Crippen LogP contribution is -2.56. The summed E-state index contributed by atoms with van der Waals surface area (Å²) < 4.78 is 0. The monoisotopic (exact) mass is 556 g/mol. The van der Waals surface area contributed by atoms with Crippen molar-refractivity contribution in [2.45, 2.75) is 90.8 Å². The van der Waals surface area contributed by atoms with Gasteiger partial charge in [0.15, 0.2) is 0 Å². The Bertz CT molecular complexity index is 859. The number of nitrogens with zero attached hydrogens (tertiary/aromatic N) is 2. The molecule has 1 aliphatic carbocycles. The third-order valence-electron chi connectivity index (χ3n) is 7.44. The number of carbonyl (C=O) groups excluding carboxylic acids is 2. The smallest absolute Gasteiger partial charge is 0.251 e. The summed E-state index contributed by atoms with van der Waals surface area (Å²) in [5.74, 6) is 0.387. The fraction of sp³-hybridized carbons (Fsp3) is 0.714. The molecule has 2 aliphatic rings. The molecule has 2 fully saturated rings. The van der Waals surface area contributed by atoms with E-state index in [1.807, 2.05) is 43.1 Å². The molecular weight excluding hydrogens is 511 g/mol. The van der Waals surface area contributed by atoms with Crippen LogP contribution in [0, 0.1) is 11.3 Å². The Labute approximate surface area is 234 Å². The Morgan fingerprint density at radius 1 is 1.11 bits per heavy atom. The summed E-state index contributed by atoms with van der Waals surface area (Å²) in [6, 6.07) is 7.50.